The van der Waals surface area contributed by atoms with Gasteiger partial charge in [0.2, 0.25) is 11.0 Å². The van der Waals surface area contributed by atoms with Crippen molar-refractivity contribution < 1.29 is 14.3 Å². The number of likely N-dealkylation sites (N-methyl/N-ethyl adjacent to an activating group) is 1. The third-order valence-electron chi connectivity index (χ3n) is 4.00. The van der Waals surface area contributed by atoms with Gasteiger partial charge < -0.3 is 19.7 Å². The van der Waals surface area contributed by atoms with Crippen molar-refractivity contribution in [3.63, 3.8) is 0 Å². The summed E-state index contributed by atoms with van der Waals surface area (Å²) in [5.74, 6) is 1.82. The second kappa shape index (κ2) is 9.80. The van der Waals surface area contributed by atoms with E-state index in [4.69, 9.17) is 9.47 Å². The van der Waals surface area contributed by atoms with E-state index in [9.17, 15) is 4.79 Å². The third kappa shape index (κ3) is 5.74. The normalized spacial score (nSPS) is 15.4. The summed E-state index contributed by atoms with van der Waals surface area (Å²) in [6.45, 7) is 3.96. The molecule has 9 heteroatoms. The fourth-order valence-electron chi connectivity index (χ4n) is 2.51. The van der Waals surface area contributed by atoms with Gasteiger partial charge in [0.15, 0.2) is 21.9 Å². The van der Waals surface area contributed by atoms with E-state index in [-0.39, 0.29) is 12.0 Å². The number of fused-ring (bicyclic) bond motifs is 1. The van der Waals surface area contributed by atoms with E-state index < -0.39 is 0 Å². The van der Waals surface area contributed by atoms with Crippen LogP contribution >= 0.6 is 23.1 Å². The van der Waals surface area contributed by atoms with Crippen molar-refractivity contribution in [2.75, 3.05) is 37.8 Å². The van der Waals surface area contributed by atoms with Gasteiger partial charge in [-0.3, -0.25) is 4.79 Å². The zero-order chi connectivity index (χ0) is 19.1. The highest BCUT2D eigenvalue weighted by Crippen LogP contribution is 2.31. The van der Waals surface area contributed by atoms with Gasteiger partial charge in [0.25, 0.3) is 0 Å². The molecule has 1 aliphatic rings. The summed E-state index contributed by atoms with van der Waals surface area (Å²) in [6.07, 6.45) is 2.06. The molecule has 1 aliphatic heterocycles. The van der Waals surface area contributed by atoms with Gasteiger partial charge in [-0.2, -0.15) is 0 Å². The summed E-state index contributed by atoms with van der Waals surface area (Å²) in [5.41, 5.74) is 0. The highest BCUT2D eigenvalue weighted by Gasteiger charge is 2.23. The molecule has 1 amide bonds. The van der Waals surface area contributed by atoms with Crippen LogP contribution in [0.5, 0.6) is 11.5 Å². The Hall–Kier alpha value is -2.00. The van der Waals surface area contributed by atoms with Crippen molar-refractivity contribution in [1.29, 1.82) is 0 Å². The van der Waals surface area contributed by atoms with Gasteiger partial charge in [-0.25, -0.2) is 0 Å². The SMILES string of the molecule is CCCCNc1nnc(SCC(=O)N(C)CC2COc3ccccc3O2)s1. The number of hydrogen-bond donors (Lipinski definition) is 1. The van der Waals surface area contributed by atoms with Gasteiger partial charge in [0, 0.05) is 13.6 Å². The lowest BCUT2D eigenvalue weighted by atomic mass is 10.2. The number of aromatic nitrogens is 2. The minimum atomic E-state index is -0.172. The number of carbonyl (C=O) groups excluding carboxylic acids is 1. The number of thioether (sulfide) groups is 1. The average Bonchev–Trinajstić information content (AvgIpc) is 3.14. The van der Waals surface area contributed by atoms with Crippen LogP contribution < -0.4 is 14.8 Å². The van der Waals surface area contributed by atoms with Crippen molar-refractivity contribution >= 4 is 34.1 Å². The van der Waals surface area contributed by atoms with Crippen molar-refractivity contribution in [2.45, 2.75) is 30.2 Å². The van der Waals surface area contributed by atoms with Crippen LogP contribution in [0.2, 0.25) is 0 Å². The fraction of sp³-hybridized carbons (Fsp3) is 0.500. The first-order valence-corrected chi connectivity index (χ1v) is 10.8. The lowest BCUT2D eigenvalue weighted by molar-refractivity contribution is -0.128. The lowest BCUT2D eigenvalue weighted by Gasteiger charge is -2.29. The molecular weight excluding hydrogens is 384 g/mol. The smallest absolute Gasteiger partial charge is 0.232 e. The van der Waals surface area contributed by atoms with Gasteiger partial charge in [0.05, 0.1) is 12.3 Å². The molecule has 0 bridgehead atoms. The Morgan fingerprint density at radius 3 is 3.00 bits per heavy atom. The molecule has 7 nitrogen and oxygen atoms in total. The summed E-state index contributed by atoms with van der Waals surface area (Å²) in [7, 11) is 1.78. The number of unbranched alkanes of at least 4 members (excludes halogenated alkanes) is 1. The molecule has 0 saturated carbocycles. The molecule has 3 rings (SSSR count). The lowest BCUT2D eigenvalue weighted by Crippen LogP contribution is -2.42. The van der Waals surface area contributed by atoms with Crippen LogP contribution in [0.15, 0.2) is 28.6 Å². The van der Waals surface area contributed by atoms with Gasteiger partial charge >= 0.3 is 0 Å². The molecule has 0 spiro atoms. The Labute approximate surface area is 167 Å². The van der Waals surface area contributed by atoms with Crippen molar-refractivity contribution in [2.24, 2.45) is 0 Å². The van der Waals surface area contributed by atoms with E-state index in [1.54, 1.807) is 11.9 Å². The predicted octanol–water partition coefficient (Wildman–Crippen LogP) is 3.14. The molecule has 2 aromatic rings. The van der Waals surface area contributed by atoms with Crippen LogP contribution in [0.3, 0.4) is 0 Å². The Morgan fingerprint density at radius 2 is 2.19 bits per heavy atom. The summed E-state index contributed by atoms with van der Waals surface area (Å²) < 4.78 is 12.4. The molecule has 1 atom stereocenters. The van der Waals surface area contributed by atoms with Gasteiger partial charge in [-0.05, 0) is 18.6 Å². The zero-order valence-electron chi connectivity index (χ0n) is 15.5. The second-order valence-electron chi connectivity index (χ2n) is 6.21. The van der Waals surface area contributed by atoms with Crippen molar-refractivity contribution in [3.8, 4) is 11.5 Å². The van der Waals surface area contributed by atoms with Crippen LogP contribution in [-0.2, 0) is 4.79 Å². The standard InChI is InChI=1S/C18H24N4O3S2/c1-3-4-9-19-17-20-21-18(27-17)26-12-16(23)22(2)10-13-11-24-14-7-5-6-8-15(14)25-13/h5-8,13H,3-4,9-12H2,1-2H3,(H,19,20). The summed E-state index contributed by atoms with van der Waals surface area (Å²) >= 11 is 2.89. The van der Waals surface area contributed by atoms with Crippen molar-refractivity contribution in [3.05, 3.63) is 24.3 Å². The molecular formula is C18H24N4O3S2. The van der Waals surface area contributed by atoms with E-state index in [0.717, 1.165) is 40.4 Å². The summed E-state index contributed by atoms with van der Waals surface area (Å²) in [5, 5.41) is 12.3. The van der Waals surface area contributed by atoms with Gasteiger partial charge in [-0.15, -0.1) is 10.2 Å². The highest BCUT2D eigenvalue weighted by molar-refractivity contribution is 8.01. The van der Waals surface area contributed by atoms with Gasteiger partial charge in [0.1, 0.15) is 6.61 Å². The Balaban J connectivity index is 1.42. The largest absolute Gasteiger partial charge is 0.486 e. The Bertz CT molecular complexity index is 756. The maximum absolute atomic E-state index is 12.4. The maximum Gasteiger partial charge on any atom is 0.232 e. The number of rotatable bonds is 9. The van der Waals surface area contributed by atoms with Crippen molar-refractivity contribution in [1.82, 2.24) is 15.1 Å². The maximum atomic E-state index is 12.4. The number of benzene rings is 1. The summed E-state index contributed by atoms with van der Waals surface area (Å²) in [4.78, 5) is 14.1. The zero-order valence-corrected chi connectivity index (χ0v) is 17.1. The topological polar surface area (TPSA) is 76.6 Å². The number of para-hydroxylation sites is 2. The van der Waals surface area contributed by atoms with Crippen LogP contribution in [-0.4, -0.2) is 59.6 Å². The van der Waals surface area contributed by atoms with E-state index >= 15 is 0 Å². The molecule has 27 heavy (non-hydrogen) atoms. The van der Waals surface area contributed by atoms with Crippen LogP contribution in [0.4, 0.5) is 5.13 Å². The van der Waals surface area contributed by atoms with E-state index in [0.29, 0.717) is 18.9 Å². The number of ether oxygens (including phenoxy) is 2. The Morgan fingerprint density at radius 1 is 1.37 bits per heavy atom. The fourth-order valence-corrected chi connectivity index (χ4v) is 4.22. The Kier molecular flexibility index (Phi) is 7.17. The molecule has 1 N–H and O–H groups in total. The number of hydrogen-bond acceptors (Lipinski definition) is 8. The number of nitrogens with one attached hydrogen (secondary N) is 1. The molecule has 2 heterocycles. The molecule has 1 aromatic heterocycles. The first-order chi connectivity index (χ1) is 13.2. The molecule has 1 unspecified atom stereocenters. The van der Waals surface area contributed by atoms with Crippen LogP contribution in [0, 0.1) is 0 Å². The average molecular weight is 409 g/mol. The quantitative estimate of drug-likeness (QED) is 0.504. The van der Waals surface area contributed by atoms with Gasteiger partial charge in [-0.1, -0.05) is 48.6 Å². The molecule has 0 saturated heterocycles. The summed E-state index contributed by atoms with van der Waals surface area (Å²) in [6, 6.07) is 7.57. The highest BCUT2D eigenvalue weighted by atomic mass is 32.2. The van der Waals surface area contributed by atoms with E-state index in [1.165, 1.54) is 23.1 Å². The predicted molar refractivity (Wildman–Crippen MR) is 108 cm³/mol. The molecule has 0 fully saturated rings. The number of nitrogens with zero attached hydrogens (tertiary/aromatic N) is 3. The monoisotopic (exact) mass is 408 g/mol. The van der Waals surface area contributed by atoms with E-state index in [1.807, 2.05) is 24.3 Å². The molecule has 1 aromatic carbocycles. The minimum Gasteiger partial charge on any atom is -0.486 e. The van der Waals surface area contributed by atoms with Crippen LogP contribution in [0.25, 0.3) is 0 Å². The first-order valence-electron chi connectivity index (χ1n) is 8.98. The molecule has 146 valence electrons. The number of anilines is 1. The third-order valence-corrected chi connectivity index (χ3v) is 6.00. The van der Waals surface area contributed by atoms with Crippen LogP contribution in [0.1, 0.15) is 19.8 Å². The molecule has 0 aliphatic carbocycles. The van der Waals surface area contributed by atoms with E-state index in [2.05, 4.69) is 22.4 Å². The second-order valence-corrected chi connectivity index (χ2v) is 8.41. The minimum absolute atomic E-state index is 0.0261. The first kappa shape index (κ1) is 19.8. The number of amides is 1. The number of carbonyl (C=O) groups is 1. The molecule has 0 radical (unpaired) electrons.